The van der Waals surface area contributed by atoms with Crippen molar-refractivity contribution in [3.63, 3.8) is 0 Å². The van der Waals surface area contributed by atoms with Gasteiger partial charge in [-0.3, -0.25) is 4.79 Å². The molecule has 1 heterocycles. The molecule has 0 aliphatic rings. The summed E-state index contributed by atoms with van der Waals surface area (Å²) in [5.41, 5.74) is 1.47. The molecule has 0 spiro atoms. The van der Waals surface area contributed by atoms with Gasteiger partial charge in [-0.15, -0.1) is 10.2 Å². The minimum absolute atomic E-state index is 0.107. The first-order valence-electron chi connectivity index (χ1n) is 8.82. The lowest BCUT2D eigenvalue weighted by molar-refractivity contribution is -0.903. The smallest absolute Gasteiger partial charge is 0.279 e. The van der Waals surface area contributed by atoms with Crippen LogP contribution in [0.3, 0.4) is 0 Å². The van der Waals surface area contributed by atoms with Crippen LogP contribution < -0.4 is 15.0 Å². The molecule has 0 bridgehead atoms. The number of carbonyl (C=O) groups excluding carboxylic acids is 1. The van der Waals surface area contributed by atoms with Gasteiger partial charge >= 0.3 is 0 Å². The van der Waals surface area contributed by atoms with E-state index in [4.69, 9.17) is 20.8 Å². The fourth-order valence-corrected chi connectivity index (χ4v) is 2.83. The number of hydrogen-bond acceptors (Lipinski definition) is 5. The van der Waals surface area contributed by atoms with Gasteiger partial charge in [-0.1, -0.05) is 17.7 Å². The maximum atomic E-state index is 12.3. The van der Waals surface area contributed by atoms with Crippen molar-refractivity contribution in [1.29, 1.82) is 0 Å². The van der Waals surface area contributed by atoms with Gasteiger partial charge in [0.2, 0.25) is 5.89 Å². The highest BCUT2D eigenvalue weighted by atomic mass is 35.5. The molecule has 3 aromatic rings. The van der Waals surface area contributed by atoms with Crippen LogP contribution in [0.15, 0.2) is 52.9 Å². The maximum Gasteiger partial charge on any atom is 0.279 e. The molecule has 0 radical (unpaired) electrons. The van der Waals surface area contributed by atoms with Crippen molar-refractivity contribution in [2.24, 2.45) is 0 Å². The summed E-state index contributed by atoms with van der Waals surface area (Å²) in [6.45, 7) is 2.19. The highest BCUT2D eigenvalue weighted by Gasteiger charge is 2.24. The quantitative estimate of drug-likeness (QED) is 0.636. The van der Waals surface area contributed by atoms with Gasteiger partial charge in [0.25, 0.3) is 11.8 Å². The lowest BCUT2D eigenvalue weighted by Gasteiger charge is -2.18. The molecule has 3 rings (SSSR count). The largest absolute Gasteiger partial charge is 0.497 e. The number of nitrogens with one attached hydrogen (secondary N) is 2. The van der Waals surface area contributed by atoms with Gasteiger partial charge in [-0.05, 0) is 49.4 Å². The van der Waals surface area contributed by atoms with Crippen LogP contribution in [0.25, 0.3) is 11.5 Å². The van der Waals surface area contributed by atoms with Gasteiger partial charge in [0, 0.05) is 16.3 Å². The zero-order valence-corrected chi connectivity index (χ0v) is 16.7. The van der Waals surface area contributed by atoms with E-state index in [0.29, 0.717) is 22.5 Å². The van der Waals surface area contributed by atoms with E-state index in [1.54, 1.807) is 43.5 Å². The van der Waals surface area contributed by atoms with Gasteiger partial charge in [-0.25, -0.2) is 0 Å². The first-order chi connectivity index (χ1) is 13.5. The van der Waals surface area contributed by atoms with Crippen molar-refractivity contribution in [2.75, 3.05) is 26.0 Å². The van der Waals surface area contributed by atoms with E-state index in [1.165, 1.54) is 0 Å². The number of aromatic nitrogens is 2. The lowest BCUT2D eigenvalue weighted by atomic mass is 10.2. The molecule has 0 aliphatic heterocycles. The number of halogens is 1. The van der Waals surface area contributed by atoms with Gasteiger partial charge in [0.1, 0.15) is 5.75 Å². The van der Waals surface area contributed by atoms with E-state index >= 15 is 0 Å². The van der Waals surface area contributed by atoms with Gasteiger partial charge in [0.15, 0.2) is 12.6 Å². The first kappa shape index (κ1) is 19.9. The Kier molecular flexibility index (Phi) is 6.28. The number of benzene rings is 2. The molecular formula is C20H22ClN4O3+. The highest BCUT2D eigenvalue weighted by Crippen LogP contribution is 2.22. The Labute approximate surface area is 168 Å². The Morgan fingerprint density at radius 3 is 2.68 bits per heavy atom. The summed E-state index contributed by atoms with van der Waals surface area (Å²) in [7, 11) is 3.50. The third-order valence-corrected chi connectivity index (χ3v) is 4.67. The molecule has 146 valence electrons. The predicted octanol–water partition coefficient (Wildman–Crippen LogP) is 2.61. The fourth-order valence-electron chi connectivity index (χ4n) is 2.64. The molecule has 28 heavy (non-hydrogen) atoms. The summed E-state index contributed by atoms with van der Waals surface area (Å²) in [4.78, 5) is 13.3. The summed E-state index contributed by atoms with van der Waals surface area (Å²) in [6.07, 6.45) is 0. The molecule has 7 nitrogen and oxygen atoms in total. The number of rotatable bonds is 7. The molecule has 1 unspecified atom stereocenters. The fraction of sp³-hybridized carbons (Fsp3) is 0.250. The number of hydrogen-bond donors (Lipinski definition) is 2. The summed E-state index contributed by atoms with van der Waals surface area (Å²) >= 11 is 6.01. The second kappa shape index (κ2) is 8.86. The van der Waals surface area contributed by atoms with Crippen LogP contribution in [0.5, 0.6) is 5.75 Å². The lowest BCUT2D eigenvalue weighted by Crippen LogP contribution is -3.10. The Balaban J connectivity index is 1.60. The van der Waals surface area contributed by atoms with Crippen molar-refractivity contribution < 1.29 is 18.8 Å². The first-order valence-corrected chi connectivity index (χ1v) is 9.19. The Morgan fingerprint density at radius 2 is 2.00 bits per heavy atom. The van der Waals surface area contributed by atoms with Crippen LogP contribution in [0.4, 0.5) is 5.69 Å². The van der Waals surface area contributed by atoms with Gasteiger partial charge < -0.3 is 19.4 Å². The molecule has 1 aromatic heterocycles. The minimum Gasteiger partial charge on any atom is -0.497 e. The Bertz CT molecular complexity index is 943. The maximum absolute atomic E-state index is 12.3. The number of amides is 1. The van der Waals surface area contributed by atoms with Crippen molar-refractivity contribution in [2.45, 2.75) is 13.0 Å². The van der Waals surface area contributed by atoms with Crippen LogP contribution in [0.2, 0.25) is 5.02 Å². The Hall–Kier alpha value is -2.90. The van der Waals surface area contributed by atoms with Crippen molar-refractivity contribution in [3.05, 3.63) is 59.4 Å². The molecule has 2 aromatic carbocycles. The van der Waals surface area contributed by atoms with E-state index in [2.05, 4.69) is 15.5 Å². The number of likely N-dealkylation sites (N-methyl/N-ethyl adjacent to an activating group) is 1. The molecule has 8 heteroatoms. The van der Waals surface area contributed by atoms with Crippen LogP contribution in [-0.2, 0) is 4.79 Å². The normalized spacial score (nSPS) is 13.0. The third-order valence-electron chi connectivity index (χ3n) is 4.43. The zero-order chi connectivity index (χ0) is 20.1. The Morgan fingerprint density at radius 1 is 1.25 bits per heavy atom. The van der Waals surface area contributed by atoms with Crippen molar-refractivity contribution in [3.8, 4) is 17.2 Å². The average molecular weight is 402 g/mol. The van der Waals surface area contributed by atoms with Crippen molar-refractivity contribution >= 4 is 23.2 Å². The van der Waals surface area contributed by atoms with Crippen LogP contribution in [0.1, 0.15) is 18.9 Å². The zero-order valence-electron chi connectivity index (χ0n) is 15.9. The third kappa shape index (κ3) is 4.88. The van der Waals surface area contributed by atoms with E-state index in [1.807, 2.05) is 26.1 Å². The molecule has 0 saturated heterocycles. The minimum atomic E-state index is -0.151. The van der Waals surface area contributed by atoms with Gasteiger partial charge in [-0.2, -0.15) is 0 Å². The van der Waals surface area contributed by atoms with E-state index < -0.39 is 0 Å². The van der Waals surface area contributed by atoms with Crippen LogP contribution in [-0.4, -0.2) is 36.8 Å². The summed E-state index contributed by atoms with van der Waals surface area (Å²) in [6, 6.07) is 14.3. The molecular weight excluding hydrogens is 380 g/mol. The van der Waals surface area contributed by atoms with Crippen molar-refractivity contribution in [1.82, 2.24) is 10.2 Å². The number of nitrogens with zero attached hydrogens (tertiary/aromatic N) is 2. The molecule has 0 saturated carbocycles. The summed E-state index contributed by atoms with van der Waals surface area (Å²) < 4.78 is 10.9. The van der Waals surface area contributed by atoms with E-state index in [-0.39, 0.29) is 18.5 Å². The number of ether oxygens (including phenoxy) is 1. The molecule has 1 amide bonds. The summed E-state index contributed by atoms with van der Waals surface area (Å²) in [5.74, 6) is 1.50. The topological polar surface area (TPSA) is 81.7 Å². The molecule has 2 atom stereocenters. The van der Waals surface area contributed by atoms with E-state index in [9.17, 15) is 4.79 Å². The second-order valence-electron chi connectivity index (χ2n) is 6.48. The molecule has 0 aliphatic carbocycles. The number of methoxy groups -OCH3 is 1. The van der Waals surface area contributed by atoms with Crippen LogP contribution in [0, 0.1) is 0 Å². The van der Waals surface area contributed by atoms with Gasteiger partial charge in [0.05, 0.1) is 14.2 Å². The predicted molar refractivity (Wildman–Crippen MR) is 107 cm³/mol. The van der Waals surface area contributed by atoms with E-state index in [0.717, 1.165) is 16.2 Å². The monoisotopic (exact) mass is 401 g/mol. The highest BCUT2D eigenvalue weighted by molar-refractivity contribution is 6.30. The number of anilines is 1. The average Bonchev–Trinajstić information content (AvgIpc) is 3.18. The standard InChI is InChI=1S/C20H21ClN4O3/c1-13(19-23-24-20(28-19)14-5-4-6-15(21)11-14)25(2)12-18(26)22-16-7-9-17(27-3)10-8-16/h4-11,13H,12H2,1-3H3,(H,22,26)/p+1/t13-/m1/s1. The SMILES string of the molecule is COc1ccc(NC(=O)C[NH+](C)[C@H](C)c2nnc(-c3cccc(Cl)c3)o2)cc1. The number of quaternary nitrogens is 1. The van der Waals surface area contributed by atoms with Crippen LogP contribution >= 0.6 is 11.6 Å². The second-order valence-corrected chi connectivity index (χ2v) is 6.91. The summed E-state index contributed by atoms with van der Waals surface area (Å²) in [5, 5.41) is 11.7. The molecule has 2 N–H and O–H groups in total. The number of carbonyl (C=O) groups is 1. The molecule has 0 fully saturated rings.